The molecule has 3 aromatic carbocycles. The molecule has 1 N–H and O–H groups in total. The molecule has 158 valence electrons. The number of nitrogens with one attached hydrogen (secondary N) is 1. The summed E-state index contributed by atoms with van der Waals surface area (Å²) in [5, 5.41) is 1.36. The van der Waals surface area contributed by atoms with Crippen molar-refractivity contribution < 1.29 is 24.0 Å². The molecule has 1 aromatic heterocycles. The molecule has 0 fully saturated rings. The maximum atomic E-state index is 12.5. The van der Waals surface area contributed by atoms with E-state index >= 15 is 0 Å². The van der Waals surface area contributed by atoms with Gasteiger partial charge in [0.05, 0.1) is 17.5 Å². The summed E-state index contributed by atoms with van der Waals surface area (Å²) in [4.78, 5) is 45.4. The van der Waals surface area contributed by atoms with Crippen LogP contribution in [0.15, 0.2) is 79.0 Å². The van der Waals surface area contributed by atoms with E-state index in [0.717, 1.165) is 16.5 Å². The summed E-state index contributed by atoms with van der Waals surface area (Å²) in [6.07, 6.45) is 1.60. The number of aromatic nitrogens is 1. The molecule has 0 saturated carbocycles. The van der Waals surface area contributed by atoms with Gasteiger partial charge in [-0.15, -0.1) is 0 Å². The van der Waals surface area contributed by atoms with Crippen molar-refractivity contribution in [3.8, 4) is 5.75 Å². The summed E-state index contributed by atoms with van der Waals surface area (Å²) in [5.74, 6) is -1.29. The lowest BCUT2D eigenvalue weighted by molar-refractivity contribution is -0.167. The summed E-state index contributed by atoms with van der Waals surface area (Å²) in [5.41, 5.74) is 3.01. The molecule has 5 rings (SSSR count). The van der Waals surface area contributed by atoms with Gasteiger partial charge in [-0.05, 0) is 35.4 Å². The van der Waals surface area contributed by atoms with Crippen molar-refractivity contribution in [3.63, 3.8) is 0 Å². The second kappa shape index (κ2) is 8.03. The van der Waals surface area contributed by atoms with Crippen LogP contribution in [0.3, 0.4) is 0 Å². The third kappa shape index (κ3) is 3.60. The van der Waals surface area contributed by atoms with E-state index in [1.165, 1.54) is 12.1 Å². The van der Waals surface area contributed by atoms with Crippen LogP contribution >= 0.6 is 0 Å². The number of amides is 2. The standard InChI is InChI=1S/C25H18N2O5/c28-23(32-27-24(29)20-8-4-5-9-21(20)25(27)30)12-17-14-26-22-13-18(10-11-19(17)22)31-15-16-6-2-1-3-7-16/h1-11,13-14,26H,12,15H2. The Morgan fingerprint density at radius 2 is 1.56 bits per heavy atom. The van der Waals surface area contributed by atoms with Crippen molar-refractivity contribution in [2.24, 2.45) is 0 Å². The van der Waals surface area contributed by atoms with Gasteiger partial charge in [0.25, 0.3) is 11.8 Å². The number of H-pyrrole nitrogens is 1. The van der Waals surface area contributed by atoms with E-state index in [0.29, 0.717) is 23.0 Å². The molecular formula is C25H18N2O5. The lowest BCUT2D eigenvalue weighted by atomic mass is 10.1. The van der Waals surface area contributed by atoms with Crippen LogP contribution in [0.25, 0.3) is 10.9 Å². The molecule has 32 heavy (non-hydrogen) atoms. The average molecular weight is 426 g/mol. The van der Waals surface area contributed by atoms with Gasteiger partial charge in [0.1, 0.15) is 12.4 Å². The topological polar surface area (TPSA) is 88.7 Å². The van der Waals surface area contributed by atoms with Gasteiger partial charge in [-0.25, -0.2) is 4.79 Å². The number of rotatable bonds is 6. The highest BCUT2D eigenvalue weighted by atomic mass is 16.7. The van der Waals surface area contributed by atoms with Crippen LogP contribution in [0.2, 0.25) is 0 Å². The molecule has 0 aliphatic carbocycles. The zero-order valence-corrected chi connectivity index (χ0v) is 16.9. The Bertz CT molecular complexity index is 1310. The summed E-state index contributed by atoms with van der Waals surface area (Å²) >= 11 is 0. The van der Waals surface area contributed by atoms with Crippen LogP contribution in [-0.2, 0) is 22.7 Å². The molecule has 0 radical (unpaired) electrons. The van der Waals surface area contributed by atoms with Crippen LogP contribution in [0, 0.1) is 0 Å². The minimum atomic E-state index is -0.704. The van der Waals surface area contributed by atoms with E-state index in [2.05, 4.69) is 4.98 Å². The lowest BCUT2D eigenvalue weighted by Crippen LogP contribution is -2.33. The van der Waals surface area contributed by atoms with Crippen LogP contribution in [-0.4, -0.2) is 27.8 Å². The average Bonchev–Trinajstić information content (AvgIpc) is 3.32. The van der Waals surface area contributed by atoms with E-state index in [4.69, 9.17) is 9.57 Å². The number of ether oxygens (including phenoxy) is 1. The second-order valence-electron chi connectivity index (χ2n) is 7.39. The summed E-state index contributed by atoms with van der Waals surface area (Å²) in [6, 6.07) is 21.8. The fourth-order valence-corrected chi connectivity index (χ4v) is 3.68. The molecule has 0 atom stereocenters. The minimum absolute atomic E-state index is 0.0996. The molecule has 0 bridgehead atoms. The van der Waals surface area contributed by atoms with Gasteiger partial charge in [-0.2, -0.15) is 0 Å². The van der Waals surface area contributed by atoms with Crippen LogP contribution in [0.4, 0.5) is 0 Å². The number of carbonyl (C=O) groups is 3. The van der Waals surface area contributed by atoms with E-state index in [1.807, 2.05) is 48.5 Å². The highest BCUT2D eigenvalue weighted by Crippen LogP contribution is 2.26. The second-order valence-corrected chi connectivity index (χ2v) is 7.39. The fraction of sp³-hybridized carbons (Fsp3) is 0.0800. The van der Waals surface area contributed by atoms with Gasteiger partial charge in [0.15, 0.2) is 0 Å². The molecule has 1 aliphatic rings. The number of aromatic amines is 1. The zero-order chi connectivity index (χ0) is 22.1. The molecule has 2 amide bonds. The molecule has 2 heterocycles. The Morgan fingerprint density at radius 3 is 2.28 bits per heavy atom. The van der Waals surface area contributed by atoms with E-state index in [-0.39, 0.29) is 17.5 Å². The third-order valence-corrected chi connectivity index (χ3v) is 5.27. The predicted molar refractivity (Wildman–Crippen MR) is 116 cm³/mol. The SMILES string of the molecule is O=C(Cc1c[nH]c2cc(OCc3ccccc3)ccc12)ON1C(=O)c2ccccc2C1=O. The van der Waals surface area contributed by atoms with Crippen molar-refractivity contribution in [1.82, 2.24) is 10.0 Å². The van der Waals surface area contributed by atoms with Gasteiger partial charge < -0.3 is 14.6 Å². The van der Waals surface area contributed by atoms with Crippen molar-refractivity contribution >= 4 is 28.7 Å². The van der Waals surface area contributed by atoms with Gasteiger partial charge in [-0.3, -0.25) is 9.59 Å². The van der Waals surface area contributed by atoms with Gasteiger partial charge in [0.2, 0.25) is 0 Å². The molecule has 1 aliphatic heterocycles. The minimum Gasteiger partial charge on any atom is -0.489 e. The molecule has 7 nitrogen and oxygen atoms in total. The molecular weight excluding hydrogens is 408 g/mol. The number of hydroxylamine groups is 2. The first-order chi connectivity index (χ1) is 15.6. The van der Waals surface area contributed by atoms with Crippen molar-refractivity contribution in [2.45, 2.75) is 13.0 Å². The van der Waals surface area contributed by atoms with Crippen molar-refractivity contribution in [1.29, 1.82) is 0 Å². The largest absolute Gasteiger partial charge is 0.489 e. The molecule has 0 spiro atoms. The summed E-state index contributed by atoms with van der Waals surface area (Å²) in [6.45, 7) is 0.451. The van der Waals surface area contributed by atoms with Crippen molar-refractivity contribution in [2.75, 3.05) is 0 Å². The molecule has 0 unspecified atom stereocenters. The summed E-state index contributed by atoms with van der Waals surface area (Å²) < 4.78 is 5.84. The first-order valence-electron chi connectivity index (χ1n) is 10.1. The number of hydrogen-bond acceptors (Lipinski definition) is 5. The quantitative estimate of drug-likeness (QED) is 0.470. The van der Waals surface area contributed by atoms with Gasteiger partial charge >= 0.3 is 5.97 Å². The smallest absolute Gasteiger partial charge is 0.337 e. The zero-order valence-electron chi connectivity index (χ0n) is 16.9. The maximum Gasteiger partial charge on any atom is 0.337 e. The Labute approximate surface area is 183 Å². The third-order valence-electron chi connectivity index (χ3n) is 5.27. The molecule has 7 heteroatoms. The summed E-state index contributed by atoms with van der Waals surface area (Å²) in [7, 11) is 0. The Kier molecular flexibility index (Phi) is 4.91. The van der Waals surface area contributed by atoms with E-state index in [9.17, 15) is 14.4 Å². The number of imide groups is 1. The highest BCUT2D eigenvalue weighted by Gasteiger charge is 2.38. The van der Waals surface area contributed by atoms with Crippen molar-refractivity contribution in [3.05, 3.63) is 101 Å². The Hall–Kier alpha value is -4.39. The predicted octanol–water partition coefficient (Wildman–Crippen LogP) is 4.04. The number of carbonyl (C=O) groups excluding carboxylic acids is 3. The maximum absolute atomic E-state index is 12.5. The number of benzene rings is 3. The number of hydrogen-bond donors (Lipinski definition) is 1. The van der Waals surface area contributed by atoms with Gasteiger partial charge in [0, 0.05) is 23.2 Å². The Morgan fingerprint density at radius 1 is 0.875 bits per heavy atom. The van der Waals surface area contributed by atoms with Crippen LogP contribution in [0.1, 0.15) is 31.8 Å². The molecule has 4 aromatic rings. The fourth-order valence-electron chi connectivity index (χ4n) is 3.68. The van der Waals surface area contributed by atoms with E-state index < -0.39 is 17.8 Å². The Balaban J connectivity index is 1.26. The number of nitrogens with zero attached hydrogens (tertiary/aromatic N) is 1. The monoisotopic (exact) mass is 426 g/mol. The number of fused-ring (bicyclic) bond motifs is 2. The molecule has 0 saturated heterocycles. The lowest BCUT2D eigenvalue weighted by Gasteiger charge is -2.12. The first kappa shape index (κ1) is 19.6. The highest BCUT2D eigenvalue weighted by molar-refractivity contribution is 6.20. The van der Waals surface area contributed by atoms with Crippen LogP contribution in [0.5, 0.6) is 5.75 Å². The normalized spacial score (nSPS) is 12.8. The van der Waals surface area contributed by atoms with E-state index in [1.54, 1.807) is 18.3 Å². The van der Waals surface area contributed by atoms with Gasteiger partial charge in [-0.1, -0.05) is 47.5 Å². The van der Waals surface area contributed by atoms with Crippen LogP contribution < -0.4 is 4.74 Å². The first-order valence-corrected chi connectivity index (χ1v) is 10.1.